The van der Waals surface area contributed by atoms with E-state index in [0.29, 0.717) is 0 Å². The summed E-state index contributed by atoms with van der Waals surface area (Å²) in [6.07, 6.45) is 4.87. The molecule has 4 heteroatoms. The number of aromatic amines is 1. The molecular weight excluding hydrogens is 351 g/mol. The van der Waals surface area contributed by atoms with E-state index in [2.05, 4.69) is 48.2 Å². The van der Waals surface area contributed by atoms with E-state index in [4.69, 9.17) is 4.74 Å². The van der Waals surface area contributed by atoms with Gasteiger partial charge in [0.25, 0.3) is 0 Å². The number of nitrogens with zero attached hydrogens (tertiary/aromatic N) is 1. The highest BCUT2D eigenvalue weighted by Crippen LogP contribution is 2.53. The Labute approximate surface area is 165 Å². The lowest BCUT2D eigenvalue weighted by Crippen LogP contribution is -2.49. The minimum absolute atomic E-state index is 0.0774. The molecule has 0 unspecified atom stereocenters. The molecule has 1 N–H and O–H groups in total. The van der Waals surface area contributed by atoms with Gasteiger partial charge in [-0.15, -0.1) is 0 Å². The predicted molar refractivity (Wildman–Crippen MR) is 110 cm³/mol. The van der Waals surface area contributed by atoms with E-state index in [1.165, 1.54) is 27.7 Å². The quantitative estimate of drug-likeness (QED) is 0.671. The molecule has 0 bridgehead atoms. The van der Waals surface area contributed by atoms with E-state index in [1.807, 2.05) is 12.1 Å². The Morgan fingerprint density at radius 2 is 1.68 bits per heavy atom. The van der Waals surface area contributed by atoms with Crippen LogP contribution in [0.2, 0.25) is 0 Å². The van der Waals surface area contributed by atoms with Crippen LogP contribution in [0.5, 0.6) is 0 Å². The van der Waals surface area contributed by atoms with Gasteiger partial charge in [0, 0.05) is 34.1 Å². The zero-order valence-electron chi connectivity index (χ0n) is 16.6. The van der Waals surface area contributed by atoms with Crippen molar-refractivity contribution in [1.82, 2.24) is 9.88 Å². The molecule has 1 saturated carbocycles. The summed E-state index contributed by atoms with van der Waals surface area (Å²) in [5.41, 5.74) is 4.83. The molecule has 0 atom stereocenters. The SMILES string of the molecule is CN(C)C1(c2ccc(F)cc2)CCC2(CC1)OCCc1[nH]c3ccccc3c12. The summed E-state index contributed by atoms with van der Waals surface area (Å²) in [5.74, 6) is -0.177. The molecule has 2 aliphatic rings. The molecule has 2 aromatic carbocycles. The van der Waals surface area contributed by atoms with Crippen LogP contribution in [0.15, 0.2) is 48.5 Å². The molecular formula is C24H27FN2O. The van der Waals surface area contributed by atoms with Crippen LogP contribution < -0.4 is 0 Å². The lowest BCUT2D eigenvalue weighted by molar-refractivity contribution is -0.110. The fraction of sp³-hybridized carbons (Fsp3) is 0.417. The Hall–Kier alpha value is -2.17. The Balaban J connectivity index is 1.54. The summed E-state index contributed by atoms with van der Waals surface area (Å²) in [5, 5.41) is 1.30. The van der Waals surface area contributed by atoms with E-state index in [9.17, 15) is 4.39 Å². The van der Waals surface area contributed by atoms with Crippen LogP contribution in [-0.4, -0.2) is 30.6 Å². The second-order valence-corrected chi connectivity index (χ2v) is 8.55. The van der Waals surface area contributed by atoms with Crippen molar-refractivity contribution >= 4 is 10.9 Å². The van der Waals surface area contributed by atoms with Crippen molar-refractivity contribution in [3.63, 3.8) is 0 Å². The normalized spacial score (nSPS) is 27.4. The van der Waals surface area contributed by atoms with E-state index in [1.54, 1.807) is 12.1 Å². The lowest BCUT2D eigenvalue weighted by atomic mass is 9.67. The number of nitrogens with one attached hydrogen (secondary N) is 1. The Bertz CT molecular complexity index is 997. The number of benzene rings is 2. The van der Waals surface area contributed by atoms with Crippen LogP contribution >= 0.6 is 0 Å². The summed E-state index contributed by atoms with van der Waals surface area (Å²) in [7, 11) is 4.28. The topological polar surface area (TPSA) is 28.3 Å². The number of para-hydroxylation sites is 1. The third-order valence-corrected chi connectivity index (χ3v) is 7.09. The number of rotatable bonds is 2. The maximum atomic E-state index is 13.5. The van der Waals surface area contributed by atoms with Gasteiger partial charge in [-0.3, -0.25) is 4.90 Å². The second-order valence-electron chi connectivity index (χ2n) is 8.55. The number of aromatic nitrogens is 1. The molecule has 3 nitrogen and oxygen atoms in total. The number of halogens is 1. The average molecular weight is 378 g/mol. The van der Waals surface area contributed by atoms with Crippen LogP contribution in [0, 0.1) is 5.82 Å². The van der Waals surface area contributed by atoms with Gasteiger partial charge in [0.05, 0.1) is 12.2 Å². The highest BCUT2D eigenvalue weighted by molar-refractivity contribution is 5.86. The van der Waals surface area contributed by atoms with E-state index < -0.39 is 0 Å². The zero-order valence-corrected chi connectivity index (χ0v) is 16.6. The van der Waals surface area contributed by atoms with Crippen LogP contribution in [0.1, 0.15) is 42.5 Å². The van der Waals surface area contributed by atoms with Crippen molar-refractivity contribution in [2.75, 3.05) is 20.7 Å². The molecule has 1 aromatic heterocycles. The first-order valence-electron chi connectivity index (χ1n) is 10.2. The van der Waals surface area contributed by atoms with Crippen molar-refractivity contribution < 1.29 is 9.13 Å². The van der Waals surface area contributed by atoms with Crippen LogP contribution in [0.25, 0.3) is 10.9 Å². The monoisotopic (exact) mass is 378 g/mol. The van der Waals surface area contributed by atoms with Gasteiger partial charge in [-0.2, -0.15) is 0 Å². The van der Waals surface area contributed by atoms with Gasteiger partial charge < -0.3 is 9.72 Å². The van der Waals surface area contributed by atoms with Gasteiger partial charge in [0.15, 0.2) is 0 Å². The van der Waals surface area contributed by atoms with E-state index in [-0.39, 0.29) is 17.0 Å². The molecule has 146 valence electrons. The first kappa shape index (κ1) is 17.9. The zero-order chi connectivity index (χ0) is 19.4. The maximum absolute atomic E-state index is 13.5. The summed E-state index contributed by atoms with van der Waals surface area (Å²) < 4.78 is 20.0. The standard InChI is InChI=1S/C24H27FN2O/c1-27(2)23(17-7-9-18(25)10-8-17)12-14-24(15-13-23)22-19-5-3-4-6-20(19)26-21(22)11-16-28-24/h3-10,26H,11-16H2,1-2H3. The first-order valence-corrected chi connectivity index (χ1v) is 10.2. The number of hydrogen-bond donors (Lipinski definition) is 1. The average Bonchev–Trinajstić information content (AvgIpc) is 3.09. The van der Waals surface area contributed by atoms with Crippen LogP contribution in [-0.2, 0) is 22.3 Å². The summed E-state index contributed by atoms with van der Waals surface area (Å²) in [6.45, 7) is 0.769. The highest BCUT2D eigenvalue weighted by atomic mass is 19.1. The Morgan fingerprint density at radius 1 is 0.964 bits per heavy atom. The van der Waals surface area contributed by atoms with Gasteiger partial charge in [-0.05, 0) is 63.5 Å². The Kier molecular flexibility index (Phi) is 4.11. The summed E-state index contributed by atoms with van der Waals surface area (Å²) in [6, 6.07) is 15.6. The fourth-order valence-corrected chi connectivity index (χ4v) is 5.54. The first-order chi connectivity index (χ1) is 13.5. The minimum Gasteiger partial charge on any atom is -0.370 e. The summed E-state index contributed by atoms with van der Waals surface area (Å²) in [4.78, 5) is 5.95. The largest absolute Gasteiger partial charge is 0.370 e. The minimum atomic E-state index is -0.216. The third kappa shape index (κ3) is 2.55. The summed E-state index contributed by atoms with van der Waals surface area (Å²) >= 11 is 0. The molecule has 0 amide bonds. The molecule has 1 aliphatic heterocycles. The fourth-order valence-electron chi connectivity index (χ4n) is 5.54. The Morgan fingerprint density at radius 3 is 2.39 bits per heavy atom. The molecule has 0 saturated heterocycles. The van der Waals surface area contributed by atoms with Gasteiger partial charge in [-0.25, -0.2) is 4.39 Å². The number of fused-ring (bicyclic) bond motifs is 4. The third-order valence-electron chi connectivity index (χ3n) is 7.09. The van der Waals surface area contributed by atoms with Crippen molar-refractivity contribution in [1.29, 1.82) is 0 Å². The van der Waals surface area contributed by atoms with Crippen LogP contribution in [0.3, 0.4) is 0 Å². The van der Waals surface area contributed by atoms with Gasteiger partial charge in [0.2, 0.25) is 0 Å². The molecule has 3 aromatic rings. The molecule has 1 fully saturated rings. The second kappa shape index (κ2) is 6.43. The number of ether oxygens (including phenoxy) is 1. The maximum Gasteiger partial charge on any atom is 0.123 e. The number of hydrogen-bond acceptors (Lipinski definition) is 2. The van der Waals surface area contributed by atoms with Gasteiger partial charge in [-0.1, -0.05) is 30.3 Å². The highest BCUT2D eigenvalue weighted by Gasteiger charge is 2.49. The number of H-pyrrole nitrogens is 1. The molecule has 0 radical (unpaired) electrons. The molecule has 1 aliphatic carbocycles. The van der Waals surface area contributed by atoms with E-state index >= 15 is 0 Å². The lowest BCUT2D eigenvalue weighted by Gasteiger charge is -2.51. The van der Waals surface area contributed by atoms with E-state index in [0.717, 1.165) is 38.7 Å². The molecule has 1 spiro atoms. The van der Waals surface area contributed by atoms with Crippen LogP contribution in [0.4, 0.5) is 4.39 Å². The molecule has 5 rings (SSSR count). The van der Waals surface area contributed by atoms with Crippen molar-refractivity contribution in [3.8, 4) is 0 Å². The molecule has 2 heterocycles. The molecule has 28 heavy (non-hydrogen) atoms. The smallest absolute Gasteiger partial charge is 0.123 e. The van der Waals surface area contributed by atoms with Crippen molar-refractivity contribution in [3.05, 3.63) is 71.2 Å². The van der Waals surface area contributed by atoms with Gasteiger partial charge >= 0.3 is 0 Å². The van der Waals surface area contributed by atoms with Gasteiger partial charge in [0.1, 0.15) is 5.82 Å². The van der Waals surface area contributed by atoms with Crippen molar-refractivity contribution in [2.24, 2.45) is 0 Å². The van der Waals surface area contributed by atoms with Crippen molar-refractivity contribution in [2.45, 2.75) is 43.2 Å². The predicted octanol–water partition coefficient (Wildman–Crippen LogP) is 5.11.